The highest BCUT2D eigenvalue weighted by atomic mass is 16.3. The molecule has 0 radical (unpaired) electrons. The van der Waals surface area contributed by atoms with Crippen molar-refractivity contribution in [2.24, 2.45) is 0 Å². The van der Waals surface area contributed by atoms with E-state index in [1.54, 1.807) is 0 Å². The van der Waals surface area contributed by atoms with Gasteiger partial charge in [0, 0.05) is 10.8 Å². The number of furan rings is 1. The molecule has 232 valence electrons. The van der Waals surface area contributed by atoms with Crippen LogP contribution in [-0.4, -0.2) is 62.8 Å². The molecule has 0 spiro atoms. The first-order chi connectivity index (χ1) is 24.7. The molecule has 1 nitrogen and oxygen atoms in total. The second-order valence-electron chi connectivity index (χ2n) is 14.7. The Bertz CT molecular complexity index is 2870. The lowest BCUT2D eigenvalue weighted by Gasteiger charge is -2.28. The Morgan fingerprint density at radius 1 is 0.333 bits per heavy atom. The van der Waals surface area contributed by atoms with Gasteiger partial charge in [0.15, 0.2) is 0 Å². The lowest BCUT2D eigenvalue weighted by molar-refractivity contribution is 0.669. The van der Waals surface area contributed by atoms with Crippen molar-refractivity contribution in [1.82, 2.24) is 0 Å². The van der Waals surface area contributed by atoms with Crippen LogP contribution in [0, 0.1) is 0 Å². The average molecular weight is 641 g/mol. The van der Waals surface area contributed by atoms with Crippen LogP contribution in [0.4, 0.5) is 0 Å². The molecule has 0 amide bonds. The summed E-state index contributed by atoms with van der Waals surface area (Å²) in [5.41, 5.74) is 20.5. The van der Waals surface area contributed by atoms with Crippen molar-refractivity contribution < 1.29 is 4.42 Å². The maximum Gasteiger partial charge on any atom is 0.139 e. The Morgan fingerprint density at radius 3 is 1.39 bits per heavy atom. The highest BCUT2D eigenvalue weighted by Gasteiger charge is 2.25. The van der Waals surface area contributed by atoms with Crippen LogP contribution < -0.4 is 43.7 Å². The number of para-hydroxylation sites is 1. The van der Waals surface area contributed by atoms with E-state index in [9.17, 15) is 0 Å². The highest BCUT2D eigenvalue weighted by Crippen LogP contribution is 2.42. The van der Waals surface area contributed by atoms with Gasteiger partial charge in [0.2, 0.25) is 0 Å². The summed E-state index contributed by atoms with van der Waals surface area (Å²) in [6.07, 6.45) is 0. The predicted octanol–water partition coefficient (Wildman–Crippen LogP) is -1.89. The minimum absolute atomic E-state index is 0.925. The van der Waals surface area contributed by atoms with Crippen molar-refractivity contribution >= 4 is 161 Å². The Balaban J connectivity index is 1.37. The summed E-state index contributed by atoms with van der Waals surface area (Å²) in [7, 11) is 18.6. The quantitative estimate of drug-likeness (QED) is 0.163. The molecule has 9 rings (SSSR count). The van der Waals surface area contributed by atoms with Crippen molar-refractivity contribution in [3.8, 4) is 33.4 Å². The third-order valence-corrected chi connectivity index (χ3v) is 12.3. The SMILES string of the molecule is Bc1c(B)c(B)c2c(-c3ccc4cc(-c5cccc6oc7ccccc7c56)ccc4c3)c3c(B)c(B)c(B)c(B)c3c(-c3ccccc3)c2c1B. The van der Waals surface area contributed by atoms with E-state index in [1.165, 1.54) is 115 Å². The number of benzene rings is 8. The topological polar surface area (TPSA) is 13.1 Å². The molecule has 0 aliphatic rings. The molecule has 0 fully saturated rings. The first-order valence-electron chi connectivity index (χ1n) is 18.1. The standard InChI is InChI=1S/C42H34B8O/c43-35-31-28(19-7-2-1-3-8-19)32-34(38(46)42(50)40(48)36(32)44)29(33(31)37(45)41(49)39(35)47)23-16-14-20-17-22(15-13-21(20)18-23)24-10-6-12-27-30(24)25-9-4-5-11-26(25)51-27/h1-18H,43-50H2. The van der Waals surface area contributed by atoms with Gasteiger partial charge in [0.1, 0.15) is 73.9 Å². The fourth-order valence-electron chi connectivity index (χ4n) is 8.89. The van der Waals surface area contributed by atoms with Gasteiger partial charge in [0.25, 0.3) is 0 Å². The van der Waals surface area contributed by atoms with E-state index in [-0.39, 0.29) is 0 Å². The van der Waals surface area contributed by atoms with Gasteiger partial charge < -0.3 is 4.42 Å². The second-order valence-corrected chi connectivity index (χ2v) is 14.7. The molecular formula is C42H34B8O. The molecule has 8 aromatic carbocycles. The van der Waals surface area contributed by atoms with Gasteiger partial charge in [-0.1, -0.05) is 107 Å². The zero-order valence-electron chi connectivity index (χ0n) is 30.8. The van der Waals surface area contributed by atoms with Crippen LogP contribution in [0.25, 0.3) is 87.6 Å². The molecule has 1 aromatic heterocycles. The molecule has 0 unspecified atom stereocenters. The Kier molecular flexibility index (Phi) is 7.30. The lowest BCUT2D eigenvalue weighted by atomic mass is 9.59. The van der Waals surface area contributed by atoms with Gasteiger partial charge in [0.05, 0.1) is 0 Å². The van der Waals surface area contributed by atoms with Gasteiger partial charge in [-0.2, -0.15) is 0 Å². The summed E-state index contributed by atoms with van der Waals surface area (Å²) < 4.78 is 6.24. The van der Waals surface area contributed by atoms with Crippen LogP contribution in [0.3, 0.4) is 0 Å². The summed E-state index contributed by atoms with van der Waals surface area (Å²) in [4.78, 5) is 0. The summed E-state index contributed by atoms with van der Waals surface area (Å²) in [5, 5.41) is 10.3. The third-order valence-electron chi connectivity index (χ3n) is 12.3. The molecule has 1 heterocycles. The van der Waals surface area contributed by atoms with Crippen LogP contribution in [0.5, 0.6) is 0 Å². The van der Waals surface area contributed by atoms with Gasteiger partial charge in [-0.05, 0) is 90.0 Å². The van der Waals surface area contributed by atoms with Gasteiger partial charge >= 0.3 is 0 Å². The summed E-state index contributed by atoms with van der Waals surface area (Å²) >= 11 is 0. The van der Waals surface area contributed by atoms with E-state index in [4.69, 9.17) is 4.42 Å². The zero-order valence-corrected chi connectivity index (χ0v) is 30.8. The second kappa shape index (κ2) is 11.7. The average Bonchev–Trinajstić information content (AvgIpc) is 3.55. The minimum Gasteiger partial charge on any atom is -0.456 e. The van der Waals surface area contributed by atoms with Crippen molar-refractivity contribution in [3.63, 3.8) is 0 Å². The highest BCUT2D eigenvalue weighted by molar-refractivity contribution is 6.71. The van der Waals surface area contributed by atoms with Crippen LogP contribution in [-0.2, 0) is 0 Å². The smallest absolute Gasteiger partial charge is 0.139 e. The lowest BCUT2D eigenvalue weighted by Crippen LogP contribution is -2.50. The molecule has 51 heavy (non-hydrogen) atoms. The molecular weight excluding hydrogens is 607 g/mol. The van der Waals surface area contributed by atoms with E-state index in [0.717, 1.165) is 16.6 Å². The fraction of sp³-hybridized carbons (Fsp3) is 0. The Hall–Kier alpha value is -5.14. The van der Waals surface area contributed by atoms with Crippen LogP contribution in [0.15, 0.2) is 114 Å². The van der Waals surface area contributed by atoms with Crippen molar-refractivity contribution in [2.45, 2.75) is 0 Å². The van der Waals surface area contributed by atoms with Crippen LogP contribution >= 0.6 is 0 Å². The molecule has 0 atom stereocenters. The van der Waals surface area contributed by atoms with E-state index in [1.807, 2.05) is 6.07 Å². The summed E-state index contributed by atoms with van der Waals surface area (Å²) in [6, 6.07) is 39.9. The predicted molar refractivity (Wildman–Crippen MR) is 248 cm³/mol. The van der Waals surface area contributed by atoms with Crippen molar-refractivity contribution in [2.75, 3.05) is 0 Å². The van der Waals surface area contributed by atoms with Crippen molar-refractivity contribution in [1.29, 1.82) is 0 Å². The van der Waals surface area contributed by atoms with E-state index < -0.39 is 0 Å². The van der Waals surface area contributed by atoms with Crippen LogP contribution in [0.1, 0.15) is 0 Å². The fourth-order valence-corrected chi connectivity index (χ4v) is 8.89. The zero-order chi connectivity index (χ0) is 35.3. The normalized spacial score (nSPS) is 11.8. The number of hydrogen-bond acceptors (Lipinski definition) is 1. The summed E-state index contributed by atoms with van der Waals surface area (Å²) in [5.74, 6) is 0. The maximum absolute atomic E-state index is 6.24. The molecule has 9 heteroatoms. The van der Waals surface area contributed by atoms with Gasteiger partial charge in [-0.3, -0.25) is 0 Å². The Morgan fingerprint density at radius 2 is 0.804 bits per heavy atom. The molecule has 0 bridgehead atoms. The number of rotatable bonds is 3. The largest absolute Gasteiger partial charge is 0.456 e. The molecule has 0 N–H and O–H groups in total. The van der Waals surface area contributed by atoms with Crippen LogP contribution in [0.2, 0.25) is 0 Å². The monoisotopic (exact) mass is 642 g/mol. The van der Waals surface area contributed by atoms with Gasteiger partial charge in [-0.25, -0.2) is 0 Å². The van der Waals surface area contributed by atoms with Gasteiger partial charge in [-0.15, -0.1) is 21.9 Å². The third kappa shape index (κ3) is 4.60. The molecule has 0 aliphatic heterocycles. The first kappa shape index (κ1) is 31.8. The Labute approximate surface area is 306 Å². The molecule has 9 aromatic rings. The molecule has 0 aliphatic carbocycles. The first-order valence-corrected chi connectivity index (χ1v) is 18.1. The van der Waals surface area contributed by atoms with E-state index >= 15 is 0 Å². The van der Waals surface area contributed by atoms with Crippen molar-refractivity contribution in [3.05, 3.63) is 109 Å². The number of hydrogen-bond donors (Lipinski definition) is 0. The maximum atomic E-state index is 6.24. The number of fused-ring (bicyclic) bond motifs is 6. The molecule has 0 saturated heterocycles. The minimum atomic E-state index is 0.925. The van der Waals surface area contributed by atoms with E-state index in [2.05, 4.69) is 166 Å². The van der Waals surface area contributed by atoms with E-state index in [0.29, 0.717) is 0 Å². The summed E-state index contributed by atoms with van der Waals surface area (Å²) in [6.45, 7) is 0. The molecule has 0 saturated carbocycles.